The Balaban J connectivity index is 1.67. The molecular formula is C20H16FN5O. The standard InChI is InChI=1S/C20H16FN5O/c1-22-19(27)13-9-11-14(12-10-13)23-20-24-18-8-4-7-17(26(18)25-20)15-5-2-3-6-16(15)21/h2-12H,1H3,(H,22,27)(H,23,25). The first-order valence-corrected chi connectivity index (χ1v) is 8.35. The van der Waals surface area contributed by atoms with Crippen molar-refractivity contribution in [3.63, 3.8) is 0 Å². The lowest BCUT2D eigenvalue weighted by Gasteiger charge is -2.05. The Morgan fingerprint density at radius 1 is 1.00 bits per heavy atom. The van der Waals surface area contributed by atoms with Gasteiger partial charge in [0.05, 0.1) is 5.69 Å². The fourth-order valence-electron chi connectivity index (χ4n) is 2.81. The highest BCUT2D eigenvalue weighted by Crippen LogP contribution is 2.24. The largest absolute Gasteiger partial charge is 0.355 e. The van der Waals surface area contributed by atoms with E-state index in [1.54, 1.807) is 66.2 Å². The van der Waals surface area contributed by atoms with Crippen LogP contribution in [0.2, 0.25) is 0 Å². The van der Waals surface area contributed by atoms with Gasteiger partial charge < -0.3 is 10.6 Å². The minimum atomic E-state index is -0.320. The van der Waals surface area contributed by atoms with Crippen LogP contribution in [0.4, 0.5) is 16.0 Å². The Morgan fingerprint density at radius 2 is 1.78 bits per heavy atom. The molecule has 0 aliphatic heterocycles. The van der Waals surface area contributed by atoms with Crippen molar-refractivity contribution < 1.29 is 9.18 Å². The molecule has 0 saturated heterocycles. The third-order valence-electron chi connectivity index (χ3n) is 4.14. The van der Waals surface area contributed by atoms with Crippen molar-refractivity contribution in [2.24, 2.45) is 0 Å². The number of nitrogens with zero attached hydrogens (tertiary/aromatic N) is 3. The second-order valence-electron chi connectivity index (χ2n) is 5.88. The molecule has 2 aromatic carbocycles. The number of halogens is 1. The molecule has 2 aromatic heterocycles. The van der Waals surface area contributed by atoms with E-state index in [1.807, 2.05) is 6.07 Å². The molecule has 0 saturated carbocycles. The number of carbonyl (C=O) groups excluding carboxylic acids is 1. The van der Waals surface area contributed by atoms with Gasteiger partial charge in [0.1, 0.15) is 5.82 Å². The second-order valence-corrected chi connectivity index (χ2v) is 5.88. The van der Waals surface area contributed by atoms with Crippen LogP contribution in [0.25, 0.3) is 16.9 Å². The molecule has 6 nitrogen and oxygen atoms in total. The number of anilines is 2. The lowest BCUT2D eigenvalue weighted by atomic mass is 10.1. The minimum absolute atomic E-state index is 0.151. The summed E-state index contributed by atoms with van der Waals surface area (Å²) in [7, 11) is 1.59. The molecule has 0 bridgehead atoms. The van der Waals surface area contributed by atoms with Gasteiger partial charge in [-0.2, -0.15) is 4.98 Å². The summed E-state index contributed by atoms with van der Waals surface area (Å²) in [5.74, 6) is -0.0896. The first-order chi connectivity index (χ1) is 13.2. The highest BCUT2D eigenvalue weighted by Gasteiger charge is 2.12. The molecule has 0 unspecified atom stereocenters. The number of fused-ring (bicyclic) bond motifs is 1. The van der Waals surface area contributed by atoms with Crippen molar-refractivity contribution in [1.82, 2.24) is 19.9 Å². The van der Waals surface area contributed by atoms with Gasteiger partial charge in [0, 0.05) is 23.9 Å². The summed E-state index contributed by atoms with van der Waals surface area (Å²) in [5, 5.41) is 10.1. The van der Waals surface area contributed by atoms with Crippen LogP contribution in [0.5, 0.6) is 0 Å². The molecule has 0 atom stereocenters. The Labute approximate surface area is 154 Å². The number of rotatable bonds is 4. The molecule has 134 valence electrons. The summed E-state index contributed by atoms with van der Waals surface area (Å²) >= 11 is 0. The van der Waals surface area contributed by atoms with E-state index in [0.717, 1.165) is 5.69 Å². The summed E-state index contributed by atoms with van der Waals surface area (Å²) < 4.78 is 15.8. The van der Waals surface area contributed by atoms with Crippen LogP contribution in [-0.2, 0) is 0 Å². The normalized spacial score (nSPS) is 10.7. The maximum atomic E-state index is 14.2. The average molecular weight is 361 g/mol. The second kappa shape index (κ2) is 6.87. The van der Waals surface area contributed by atoms with Crippen molar-refractivity contribution in [3.8, 4) is 11.3 Å². The molecule has 4 aromatic rings. The van der Waals surface area contributed by atoms with E-state index in [2.05, 4.69) is 20.7 Å². The smallest absolute Gasteiger partial charge is 0.251 e. The van der Waals surface area contributed by atoms with Crippen molar-refractivity contribution in [2.75, 3.05) is 12.4 Å². The molecule has 4 rings (SSSR count). The topological polar surface area (TPSA) is 71.3 Å². The third-order valence-corrected chi connectivity index (χ3v) is 4.14. The number of hydrogen-bond acceptors (Lipinski definition) is 4. The van der Waals surface area contributed by atoms with Crippen LogP contribution in [0.15, 0.2) is 66.7 Å². The van der Waals surface area contributed by atoms with Crippen LogP contribution in [0.3, 0.4) is 0 Å². The fraction of sp³-hybridized carbons (Fsp3) is 0.0500. The number of amides is 1. The monoisotopic (exact) mass is 361 g/mol. The molecule has 7 heteroatoms. The van der Waals surface area contributed by atoms with Crippen LogP contribution in [0, 0.1) is 5.82 Å². The van der Waals surface area contributed by atoms with Crippen molar-refractivity contribution >= 4 is 23.2 Å². The van der Waals surface area contributed by atoms with Gasteiger partial charge in [-0.15, -0.1) is 5.10 Å². The lowest BCUT2D eigenvalue weighted by Crippen LogP contribution is -2.17. The highest BCUT2D eigenvalue weighted by atomic mass is 19.1. The predicted octanol–water partition coefficient (Wildman–Crippen LogP) is 3.64. The lowest BCUT2D eigenvalue weighted by molar-refractivity contribution is 0.0963. The Bertz CT molecular complexity index is 1120. The molecule has 0 aliphatic carbocycles. The Morgan fingerprint density at radius 3 is 2.52 bits per heavy atom. The molecule has 0 fully saturated rings. The summed E-state index contributed by atoms with van der Waals surface area (Å²) in [6.45, 7) is 0. The van der Waals surface area contributed by atoms with Gasteiger partial charge in [-0.25, -0.2) is 8.91 Å². The van der Waals surface area contributed by atoms with Gasteiger partial charge in [-0.05, 0) is 48.5 Å². The van der Waals surface area contributed by atoms with E-state index in [0.29, 0.717) is 28.4 Å². The maximum absolute atomic E-state index is 14.2. The van der Waals surface area contributed by atoms with Gasteiger partial charge in [-0.1, -0.05) is 18.2 Å². The zero-order valence-electron chi connectivity index (χ0n) is 14.5. The highest BCUT2D eigenvalue weighted by molar-refractivity contribution is 5.94. The van der Waals surface area contributed by atoms with Gasteiger partial charge in [-0.3, -0.25) is 4.79 Å². The zero-order chi connectivity index (χ0) is 18.8. The van der Waals surface area contributed by atoms with Crippen LogP contribution < -0.4 is 10.6 Å². The predicted molar refractivity (Wildman–Crippen MR) is 101 cm³/mol. The quantitative estimate of drug-likeness (QED) is 0.582. The van der Waals surface area contributed by atoms with Crippen molar-refractivity contribution in [3.05, 3.63) is 78.1 Å². The summed E-state index contributed by atoms with van der Waals surface area (Å²) in [6, 6.07) is 18.9. The Kier molecular flexibility index (Phi) is 4.25. The number of nitrogens with one attached hydrogen (secondary N) is 2. The van der Waals surface area contributed by atoms with E-state index in [1.165, 1.54) is 6.07 Å². The van der Waals surface area contributed by atoms with E-state index in [9.17, 15) is 9.18 Å². The molecule has 0 radical (unpaired) electrons. The molecule has 27 heavy (non-hydrogen) atoms. The summed E-state index contributed by atoms with van der Waals surface area (Å²) in [5.41, 5.74) is 2.97. The Hall–Kier alpha value is -3.74. The van der Waals surface area contributed by atoms with Gasteiger partial charge >= 0.3 is 0 Å². The van der Waals surface area contributed by atoms with Crippen molar-refractivity contribution in [2.45, 2.75) is 0 Å². The van der Waals surface area contributed by atoms with Gasteiger partial charge in [0.25, 0.3) is 5.91 Å². The van der Waals surface area contributed by atoms with Crippen LogP contribution in [-0.4, -0.2) is 27.6 Å². The first-order valence-electron chi connectivity index (χ1n) is 8.35. The SMILES string of the molecule is CNC(=O)c1ccc(Nc2nc3cccc(-c4ccccc4F)n3n2)cc1. The molecule has 0 aliphatic rings. The maximum Gasteiger partial charge on any atom is 0.251 e. The zero-order valence-corrected chi connectivity index (χ0v) is 14.5. The van der Waals surface area contributed by atoms with Gasteiger partial charge in [0.2, 0.25) is 5.95 Å². The van der Waals surface area contributed by atoms with E-state index >= 15 is 0 Å². The average Bonchev–Trinajstić information content (AvgIpc) is 3.11. The van der Waals surface area contributed by atoms with Crippen molar-refractivity contribution in [1.29, 1.82) is 0 Å². The number of carbonyl (C=O) groups is 1. The molecular weight excluding hydrogens is 345 g/mol. The third kappa shape index (κ3) is 3.22. The van der Waals surface area contributed by atoms with E-state index in [-0.39, 0.29) is 11.7 Å². The van der Waals surface area contributed by atoms with E-state index in [4.69, 9.17) is 0 Å². The summed E-state index contributed by atoms with van der Waals surface area (Å²) in [6.07, 6.45) is 0. The number of benzene rings is 2. The van der Waals surface area contributed by atoms with Crippen LogP contribution in [0.1, 0.15) is 10.4 Å². The fourth-order valence-corrected chi connectivity index (χ4v) is 2.81. The first kappa shape index (κ1) is 16.7. The number of aromatic nitrogens is 3. The molecule has 2 N–H and O–H groups in total. The van der Waals surface area contributed by atoms with Gasteiger partial charge in [0.15, 0.2) is 5.65 Å². The van der Waals surface area contributed by atoms with Crippen LogP contribution >= 0.6 is 0 Å². The molecule has 0 spiro atoms. The number of hydrogen-bond donors (Lipinski definition) is 2. The molecule has 1 amide bonds. The minimum Gasteiger partial charge on any atom is -0.355 e. The number of pyridine rings is 1. The van der Waals surface area contributed by atoms with E-state index < -0.39 is 0 Å². The molecule has 2 heterocycles. The summed E-state index contributed by atoms with van der Waals surface area (Å²) in [4.78, 5) is 16.0.